The minimum Gasteiger partial charge on any atom is -0.495 e. The van der Waals surface area contributed by atoms with Crippen LogP contribution in [0.1, 0.15) is 26.7 Å². The molecule has 0 radical (unpaired) electrons. The number of nitrogens with one attached hydrogen (secondary N) is 1. The average Bonchev–Trinajstić information content (AvgIpc) is 2.91. The number of amides is 1. The summed E-state index contributed by atoms with van der Waals surface area (Å²) in [6.07, 6.45) is 0.861. The van der Waals surface area contributed by atoms with Crippen LogP contribution in [0, 0.1) is 0 Å². The Morgan fingerprint density at radius 1 is 1.38 bits per heavy atom. The fourth-order valence-corrected chi connectivity index (χ4v) is 6.57. The molecule has 2 rings (SSSR count). The van der Waals surface area contributed by atoms with Gasteiger partial charge in [0.15, 0.2) is 9.84 Å². The van der Waals surface area contributed by atoms with Crippen molar-refractivity contribution in [3.8, 4) is 5.75 Å². The number of benzene rings is 1. The largest absolute Gasteiger partial charge is 0.495 e. The summed E-state index contributed by atoms with van der Waals surface area (Å²) in [6.45, 7) is 3.42. The zero-order valence-corrected chi connectivity index (χ0v) is 16.7. The third-order valence-electron chi connectivity index (χ3n) is 4.15. The van der Waals surface area contributed by atoms with E-state index in [1.54, 1.807) is 0 Å². The molecule has 1 aliphatic rings. The quantitative estimate of drug-likeness (QED) is 0.732. The summed E-state index contributed by atoms with van der Waals surface area (Å²) >= 11 is 0. The van der Waals surface area contributed by atoms with Crippen LogP contribution in [0.25, 0.3) is 0 Å². The highest BCUT2D eigenvalue weighted by Crippen LogP contribution is 2.31. The molecule has 10 heteroatoms. The Kier molecular flexibility index (Phi) is 6.30. The maximum atomic E-state index is 13.1. The lowest BCUT2D eigenvalue weighted by Crippen LogP contribution is -2.41. The van der Waals surface area contributed by atoms with Gasteiger partial charge in [0.05, 0.1) is 29.2 Å². The number of anilines is 1. The number of ether oxygens (including phenoxy) is 1. The van der Waals surface area contributed by atoms with Crippen LogP contribution in [0.15, 0.2) is 23.1 Å². The van der Waals surface area contributed by atoms with Crippen LogP contribution in [0.5, 0.6) is 5.75 Å². The van der Waals surface area contributed by atoms with Gasteiger partial charge in [-0.15, -0.1) is 0 Å². The first-order valence-electron chi connectivity index (χ1n) is 8.28. The lowest BCUT2D eigenvalue weighted by atomic mass is 10.2. The second-order valence-corrected chi connectivity index (χ2v) is 10.3. The Bertz CT molecular complexity index is 880. The SMILES string of the molecule is CCCN([C@H]1CCS(=O)(=O)C1)S(=O)(=O)c1ccc(NC(C)=O)c(OC)c1. The third kappa shape index (κ3) is 4.54. The van der Waals surface area contributed by atoms with Gasteiger partial charge in [-0.1, -0.05) is 6.92 Å². The number of rotatable bonds is 7. The van der Waals surface area contributed by atoms with Crippen LogP contribution in [0.3, 0.4) is 0 Å². The molecule has 1 atom stereocenters. The number of methoxy groups -OCH3 is 1. The maximum Gasteiger partial charge on any atom is 0.243 e. The van der Waals surface area contributed by atoms with Crippen LogP contribution < -0.4 is 10.1 Å². The maximum absolute atomic E-state index is 13.1. The highest BCUT2D eigenvalue weighted by atomic mass is 32.2. The highest BCUT2D eigenvalue weighted by molar-refractivity contribution is 7.92. The molecule has 1 saturated heterocycles. The summed E-state index contributed by atoms with van der Waals surface area (Å²) in [5, 5.41) is 2.57. The van der Waals surface area contributed by atoms with E-state index in [2.05, 4.69) is 5.32 Å². The summed E-state index contributed by atoms with van der Waals surface area (Å²) in [4.78, 5) is 11.2. The molecule has 0 saturated carbocycles. The van der Waals surface area contributed by atoms with E-state index in [0.717, 1.165) is 0 Å². The van der Waals surface area contributed by atoms with Gasteiger partial charge in [-0.3, -0.25) is 4.79 Å². The van der Waals surface area contributed by atoms with Gasteiger partial charge in [-0.2, -0.15) is 4.31 Å². The fourth-order valence-electron chi connectivity index (χ4n) is 2.98. The highest BCUT2D eigenvalue weighted by Gasteiger charge is 2.38. The van der Waals surface area contributed by atoms with Crippen molar-refractivity contribution >= 4 is 31.5 Å². The molecule has 1 N–H and O–H groups in total. The molecule has 0 aromatic heterocycles. The number of nitrogens with zero attached hydrogens (tertiary/aromatic N) is 1. The summed E-state index contributed by atoms with van der Waals surface area (Å²) in [7, 11) is -5.73. The molecular formula is C16H24N2O6S2. The van der Waals surface area contributed by atoms with Crippen molar-refractivity contribution in [3.05, 3.63) is 18.2 Å². The molecule has 1 aromatic rings. The van der Waals surface area contributed by atoms with Gasteiger partial charge in [-0.25, -0.2) is 16.8 Å². The van der Waals surface area contributed by atoms with Gasteiger partial charge in [0.25, 0.3) is 0 Å². The Labute approximate surface area is 154 Å². The number of sulfonamides is 1. The van der Waals surface area contributed by atoms with Gasteiger partial charge in [-0.05, 0) is 25.0 Å². The van der Waals surface area contributed by atoms with E-state index in [9.17, 15) is 21.6 Å². The number of hydrogen-bond acceptors (Lipinski definition) is 6. The molecule has 1 aromatic carbocycles. The zero-order valence-electron chi connectivity index (χ0n) is 15.1. The topological polar surface area (TPSA) is 110 Å². The van der Waals surface area contributed by atoms with Crippen molar-refractivity contribution in [2.24, 2.45) is 0 Å². The zero-order chi connectivity index (χ0) is 19.5. The molecule has 8 nitrogen and oxygen atoms in total. The standard InChI is InChI=1S/C16H24N2O6S2/c1-4-8-18(13-7-9-25(20,21)11-13)26(22,23)14-5-6-15(17-12(2)19)16(10-14)24-3/h5-6,10,13H,4,7-9,11H2,1-3H3,(H,17,19)/t13-/m0/s1. The molecule has 146 valence electrons. The lowest BCUT2D eigenvalue weighted by Gasteiger charge is -2.27. The predicted octanol–water partition coefficient (Wildman–Crippen LogP) is 1.24. The van der Waals surface area contributed by atoms with Crippen molar-refractivity contribution in [1.82, 2.24) is 4.31 Å². The first-order chi connectivity index (χ1) is 12.1. The Balaban J connectivity index is 2.41. The summed E-state index contributed by atoms with van der Waals surface area (Å²) in [5.41, 5.74) is 0.365. The van der Waals surface area contributed by atoms with Crippen molar-refractivity contribution in [2.45, 2.75) is 37.6 Å². The molecule has 1 amide bonds. The van der Waals surface area contributed by atoms with E-state index >= 15 is 0 Å². The number of sulfone groups is 1. The third-order valence-corrected chi connectivity index (χ3v) is 7.85. The van der Waals surface area contributed by atoms with Gasteiger partial charge in [0.2, 0.25) is 15.9 Å². The number of hydrogen-bond donors (Lipinski definition) is 1. The molecular weight excluding hydrogens is 380 g/mol. The number of carbonyl (C=O) groups is 1. The Morgan fingerprint density at radius 3 is 2.58 bits per heavy atom. The second kappa shape index (κ2) is 7.93. The molecule has 26 heavy (non-hydrogen) atoms. The van der Waals surface area contributed by atoms with Crippen LogP contribution in [-0.2, 0) is 24.7 Å². The van der Waals surface area contributed by atoms with E-state index in [1.807, 2.05) is 6.92 Å². The minimum absolute atomic E-state index is 0.00111. The van der Waals surface area contributed by atoms with Gasteiger partial charge in [0.1, 0.15) is 5.75 Å². The number of carbonyl (C=O) groups excluding carboxylic acids is 1. The van der Waals surface area contributed by atoms with Gasteiger partial charge < -0.3 is 10.1 Å². The van der Waals surface area contributed by atoms with E-state index < -0.39 is 25.9 Å². The second-order valence-electron chi connectivity index (χ2n) is 6.22. The molecule has 0 spiro atoms. The molecule has 0 unspecified atom stereocenters. The van der Waals surface area contributed by atoms with Gasteiger partial charge in [0, 0.05) is 25.6 Å². The van der Waals surface area contributed by atoms with Crippen molar-refractivity contribution in [2.75, 3.05) is 30.5 Å². The van der Waals surface area contributed by atoms with E-state index in [-0.39, 0.29) is 34.6 Å². The summed E-state index contributed by atoms with van der Waals surface area (Å²) in [6, 6.07) is 3.62. The fraction of sp³-hybridized carbons (Fsp3) is 0.562. The van der Waals surface area contributed by atoms with Crippen LogP contribution >= 0.6 is 0 Å². The minimum atomic E-state index is -3.90. The van der Waals surface area contributed by atoms with Gasteiger partial charge >= 0.3 is 0 Å². The smallest absolute Gasteiger partial charge is 0.243 e. The predicted molar refractivity (Wildman–Crippen MR) is 98.5 cm³/mol. The molecule has 1 fully saturated rings. The molecule has 1 heterocycles. The first-order valence-corrected chi connectivity index (χ1v) is 11.5. The monoisotopic (exact) mass is 404 g/mol. The van der Waals surface area contributed by atoms with E-state index in [4.69, 9.17) is 4.74 Å². The van der Waals surface area contributed by atoms with Crippen LogP contribution in [0.4, 0.5) is 5.69 Å². The first kappa shape index (κ1) is 20.7. The summed E-state index contributed by atoms with van der Waals surface area (Å²) in [5.74, 6) is -0.245. The molecule has 0 bridgehead atoms. The van der Waals surface area contributed by atoms with Crippen molar-refractivity contribution in [3.63, 3.8) is 0 Å². The molecule has 1 aliphatic heterocycles. The lowest BCUT2D eigenvalue weighted by molar-refractivity contribution is -0.114. The Morgan fingerprint density at radius 2 is 2.08 bits per heavy atom. The molecule has 0 aliphatic carbocycles. The Hall–Kier alpha value is -1.65. The summed E-state index contributed by atoms with van der Waals surface area (Å²) < 4.78 is 56.2. The normalized spacial score (nSPS) is 19.5. The average molecular weight is 405 g/mol. The van der Waals surface area contributed by atoms with Crippen molar-refractivity contribution < 1.29 is 26.4 Å². The van der Waals surface area contributed by atoms with Crippen LogP contribution in [0.2, 0.25) is 0 Å². The van der Waals surface area contributed by atoms with E-state index in [0.29, 0.717) is 18.5 Å². The van der Waals surface area contributed by atoms with Crippen LogP contribution in [-0.4, -0.2) is 58.3 Å². The van der Waals surface area contributed by atoms with E-state index in [1.165, 1.54) is 36.5 Å². The van der Waals surface area contributed by atoms with Crippen molar-refractivity contribution in [1.29, 1.82) is 0 Å².